The van der Waals surface area contributed by atoms with Crippen LogP contribution in [0.4, 0.5) is 5.69 Å². The molecule has 24 heavy (non-hydrogen) atoms. The van der Waals surface area contributed by atoms with E-state index in [9.17, 15) is 14.4 Å². The summed E-state index contributed by atoms with van der Waals surface area (Å²) in [6.45, 7) is 5.03. The van der Waals surface area contributed by atoms with E-state index < -0.39 is 11.4 Å². The summed E-state index contributed by atoms with van der Waals surface area (Å²) in [5.41, 5.74) is 0.210. The maximum atomic E-state index is 12.1. The average Bonchev–Trinajstić information content (AvgIpc) is 3.06. The van der Waals surface area contributed by atoms with E-state index in [1.807, 2.05) is 5.38 Å². The van der Waals surface area contributed by atoms with Crippen molar-refractivity contribution in [2.24, 2.45) is 5.41 Å². The molecule has 126 valence electrons. The number of hydrogen-bond donors (Lipinski definition) is 1. The van der Waals surface area contributed by atoms with Crippen molar-refractivity contribution < 1.29 is 19.1 Å². The molecule has 0 bridgehead atoms. The zero-order chi connectivity index (χ0) is 17.7. The Bertz CT molecular complexity index is 745. The summed E-state index contributed by atoms with van der Waals surface area (Å²) >= 11 is 1.33. The van der Waals surface area contributed by atoms with Crippen LogP contribution in [0.3, 0.4) is 0 Å². The first-order chi connectivity index (χ1) is 11.3. The summed E-state index contributed by atoms with van der Waals surface area (Å²) in [6.07, 6.45) is 0. The van der Waals surface area contributed by atoms with E-state index in [0.717, 1.165) is 0 Å². The topological polar surface area (TPSA) is 72.5 Å². The molecular weight excluding hydrogens is 326 g/mol. The van der Waals surface area contributed by atoms with Gasteiger partial charge in [0.2, 0.25) is 0 Å². The van der Waals surface area contributed by atoms with Crippen LogP contribution in [-0.4, -0.2) is 24.3 Å². The van der Waals surface area contributed by atoms with Gasteiger partial charge in [0.15, 0.2) is 12.4 Å². The van der Waals surface area contributed by atoms with Gasteiger partial charge in [0, 0.05) is 11.1 Å². The highest BCUT2D eigenvalue weighted by Crippen LogP contribution is 2.17. The third-order valence-electron chi connectivity index (χ3n) is 3.27. The zero-order valence-corrected chi connectivity index (χ0v) is 14.6. The molecule has 0 aliphatic carbocycles. The van der Waals surface area contributed by atoms with Gasteiger partial charge in [0.25, 0.3) is 5.91 Å². The van der Waals surface area contributed by atoms with Crippen molar-refractivity contribution in [1.82, 2.24) is 0 Å². The third kappa shape index (κ3) is 4.76. The van der Waals surface area contributed by atoms with Crippen molar-refractivity contribution in [3.8, 4) is 0 Å². The zero-order valence-electron chi connectivity index (χ0n) is 13.8. The molecule has 2 aromatic rings. The van der Waals surface area contributed by atoms with Gasteiger partial charge in [-0.2, -0.15) is 0 Å². The van der Waals surface area contributed by atoms with Gasteiger partial charge < -0.3 is 10.1 Å². The van der Waals surface area contributed by atoms with Crippen LogP contribution in [0.1, 0.15) is 40.8 Å². The number of nitrogens with one attached hydrogen (secondary N) is 1. The Hall–Kier alpha value is -2.47. The number of Topliss-reactive ketones (excluding diaryl/α,β-unsaturated/α-hetero) is 1. The molecule has 0 unspecified atom stereocenters. The minimum atomic E-state index is -0.597. The molecule has 1 N–H and O–H groups in total. The highest BCUT2D eigenvalue weighted by Gasteiger charge is 2.22. The Morgan fingerprint density at radius 2 is 1.88 bits per heavy atom. The molecule has 6 heteroatoms. The van der Waals surface area contributed by atoms with Crippen molar-refractivity contribution in [3.05, 3.63) is 52.2 Å². The lowest BCUT2D eigenvalue weighted by atomic mass is 9.91. The molecule has 0 atom stereocenters. The Kier molecular flexibility index (Phi) is 5.51. The van der Waals surface area contributed by atoms with Crippen LogP contribution in [0.2, 0.25) is 0 Å². The quantitative estimate of drug-likeness (QED) is 0.837. The van der Waals surface area contributed by atoms with E-state index in [1.54, 1.807) is 51.1 Å². The second-order valence-electron chi connectivity index (χ2n) is 6.26. The molecule has 1 amide bonds. The van der Waals surface area contributed by atoms with Gasteiger partial charge in [0.1, 0.15) is 0 Å². The molecular formula is C18H19NO4S. The van der Waals surface area contributed by atoms with E-state index in [4.69, 9.17) is 4.74 Å². The van der Waals surface area contributed by atoms with Crippen LogP contribution in [0, 0.1) is 5.41 Å². The van der Waals surface area contributed by atoms with Gasteiger partial charge in [-0.3, -0.25) is 9.59 Å². The number of amides is 1. The van der Waals surface area contributed by atoms with Crippen LogP contribution in [0.25, 0.3) is 0 Å². The van der Waals surface area contributed by atoms with Gasteiger partial charge in [-0.15, -0.1) is 11.3 Å². The summed E-state index contributed by atoms with van der Waals surface area (Å²) in [5, 5.41) is 4.54. The van der Waals surface area contributed by atoms with Crippen molar-refractivity contribution in [1.29, 1.82) is 0 Å². The molecule has 0 saturated heterocycles. The lowest BCUT2D eigenvalue weighted by molar-refractivity contribution is -0.129. The highest BCUT2D eigenvalue weighted by molar-refractivity contribution is 7.12. The largest absolute Gasteiger partial charge is 0.454 e. The maximum absolute atomic E-state index is 12.1. The first-order valence-corrected chi connectivity index (χ1v) is 8.30. The Balaban J connectivity index is 2.00. The third-order valence-corrected chi connectivity index (χ3v) is 4.14. The molecule has 2 rings (SSSR count). The number of ether oxygens (including phenoxy) is 1. The number of benzene rings is 1. The van der Waals surface area contributed by atoms with Crippen molar-refractivity contribution >= 4 is 34.7 Å². The first kappa shape index (κ1) is 17.9. The summed E-state index contributed by atoms with van der Waals surface area (Å²) in [7, 11) is 0. The number of ketones is 1. The molecule has 5 nitrogen and oxygen atoms in total. The van der Waals surface area contributed by atoms with E-state index in [-0.39, 0.29) is 23.9 Å². The van der Waals surface area contributed by atoms with Gasteiger partial charge >= 0.3 is 5.97 Å². The number of thiophene rings is 1. The lowest BCUT2D eigenvalue weighted by Gasteiger charge is -2.16. The molecule has 1 heterocycles. The second kappa shape index (κ2) is 7.40. The molecule has 0 radical (unpaired) electrons. The first-order valence-electron chi connectivity index (χ1n) is 7.43. The molecule has 0 aliphatic rings. The predicted octanol–water partition coefficient (Wildman–Crippen LogP) is 3.77. The minimum absolute atomic E-state index is 0.155. The van der Waals surface area contributed by atoms with Crippen molar-refractivity contribution in [2.75, 3.05) is 11.9 Å². The summed E-state index contributed by atoms with van der Waals surface area (Å²) in [4.78, 5) is 36.5. The molecule has 0 spiro atoms. The highest BCUT2D eigenvalue weighted by atomic mass is 32.1. The Morgan fingerprint density at radius 3 is 2.50 bits per heavy atom. The summed E-state index contributed by atoms with van der Waals surface area (Å²) in [6, 6.07) is 9.94. The van der Waals surface area contributed by atoms with E-state index in [2.05, 4.69) is 5.32 Å². The Labute approximate surface area is 144 Å². The molecule has 1 aromatic carbocycles. The standard InChI is InChI=1S/C18H19NO4S/c1-18(2,3)15(20)11-23-17(22)12-6-4-7-13(10-12)19-16(21)14-8-5-9-24-14/h4-10H,11H2,1-3H3,(H,19,21). The number of anilines is 1. The van der Waals surface area contributed by atoms with Crippen LogP contribution in [0.15, 0.2) is 41.8 Å². The van der Waals surface area contributed by atoms with E-state index in [1.165, 1.54) is 17.4 Å². The van der Waals surface area contributed by atoms with Gasteiger partial charge in [-0.05, 0) is 29.6 Å². The van der Waals surface area contributed by atoms with Crippen LogP contribution in [0.5, 0.6) is 0 Å². The normalized spacial score (nSPS) is 11.0. The van der Waals surface area contributed by atoms with Crippen LogP contribution >= 0.6 is 11.3 Å². The van der Waals surface area contributed by atoms with Crippen molar-refractivity contribution in [3.63, 3.8) is 0 Å². The van der Waals surface area contributed by atoms with Gasteiger partial charge in [0.05, 0.1) is 10.4 Å². The minimum Gasteiger partial charge on any atom is -0.454 e. The second-order valence-corrected chi connectivity index (χ2v) is 7.21. The molecule has 1 aromatic heterocycles. The molecule has 0 aliphatic heterocycles. The van der Waals surface area contributed by atoms with E-state index in [0.29, 0.717) is 10.6 Å². The number of esters is 1. The summed E-state index contributed by atoms with van der Waals surface area (Å²) in [5.74, 6) is -0.990. The number of hydrogen-bond acceptors (Lipinski definition) is 5. The fraction of sp³-hybridized carbons (Fsp3) is 0.278. The van der Waals surface area contributed by atoms with Gasteiger partial charge in [-0.1, -0.05) is 32.9 Å². The Morgan fingerprint density at radius 1 is 1.12 bits per heavy atom. The lowest BCUT2D eigenvalue weighted by Crippen LogP contribution is -2.26. The fourth-order valence-corrected chi connectivity index (χ4v) is 2.37. The fourth-order valence-electron chi connectivity index (χ4n) is 1.76. The predicted molar refractivity (Wildman–Crippen MR) is 93.5 cm³/mol. The maximum Gasteiger partial charge on any atom is 0.338 e. The molecule has 0 fully saturated rings. The number of rotatable bonds is 5. The molecule has 0 saturated carbocycles. The average molecular weight is 345 g/mol. The smallest absolute Gasteiger partial charge is 0.338 e. The number of carbonyl (C=O) groups is 3. The van der Waals surface area contributed by atoms with Crippen LogP contribution in [-0.2, 0) is 9.53 Å². The number of carbonyl (C=O) groups excluding carboxylic acids is 3. The summed E-state index contributed by atoms with van der Waals surface area (Å²) < 4.78 is 5.05. The SMILES string of the molecule is CC(C)(C)C(=O)COC(=O)c1cccc(NC(=O)c2cccs2)c1. The van der Waals surface area contributed by atoms with Crippen LogP contribution < -0.4 is 5.32 Å². The van der Waals surface area contributed by atoms with E-state index >= 15 is 0 Å². The van der Waals surface area contributed by atoms with Gasteiger partial charge in [-0.25, -0.2) is 4.79 Å². The van der Waals surface area contributed by atoms with Crippen molar-refractivity contribution in [2.45, 2.75) is 20.8 Å². The monoisotopic (exact) mass is 345 g/mol.